The number of benzene rings is 2. The van der Waals surface area contributed by atoms with E-state index >= 15 is 0 Å². The molecule has 23 heavy (non-hydrogen) atoms. The van der Waals surface area contributed by atoms with Gasteiger partial charge in [-0.3, -0.25) is 9.36 Å². The van der Waals surface area contributed by atoms with Gasteiger partial charge < -0.3 is 0 Å². The molecule has 3 rings (SSSR count). The van der Waals surface area contributed by atoms with E-state index in [2.05, 4.69) is 10.9 Å². The lowest BCUT2D eigenvalue weighted by atomic mass is 10.2. The van der Waals surface area contributed by atoms with E-state index in [1.807, 2.05) is 37.3 Å². The first-order chi connectivity index (χ1) is 11.1. The molecule has 0 fully saturated rings. The number of fused-ring (bicyclic) bond motifs is 1. The molecular formula is C18H13ClN2OS. The van der Waals surface area contributed by atoms with Crippen LogP contribution in [-0.2, 0) is 0 Å². The van der Waals surface area contributed by atoms with Gasteiger partial charge in [0.2, 0.25) is 0 Å². The summed E-state index contributed by atoms with van der Waals surface area (Å²) >= 11 is 7.57. The lowest BCUT2D eigenvalue weighted by Crippen LogP contribution is -2.21. The van der Waals surface area contributed by atoms with Crippen molar-refractivity contribution in [2.75, 3.05) is 5.75 Å². The minimum atomic E-state index is -0.130. The van der Waals surface area contributed by atoms with Crippen LogP contribution in [0.5, 0.6) is 0 Å². The van der Waals surface area contributed by atoms with Crippen molar-refractivity contribution in [3.63, 3.8) is 0 Å². The average molecular weight is 341 g/mol. The number of thioether (sulfide) groups is 1. The zero-order valence-corrected chi connectivity index (χ0v) is 14.0. The topological polar surface area (TPSA) is 34.9 Å². The molecule has 0 N–H and O–H groups in total. The SMILES string of the molecule is C#CCSc1nc2ccccc2c(=O)n1-c1ccc(C)c(Cl)c1. The zero-order valence-electron chi connectivity index (χ0n) is 12.4. The maximum absolute atomic E-state index is 12.9. The Labute approximate surface area is 143 Å². The maximum atomic E-state index is 12.9. The van der Waals surface area contributed by atoms with E-state index in [4.69, 9.17) is 18.0 Å². The molecule has 0 bridgehead atoms. The fraction of sp³-hybridized carbons (Fsp3) is 0.111. The first-order valence-corrected chi connectivity index (χ1v) is 8.33. The number of halogens is 1. The molecule has 0 amide bonds. The molecule has 2 aromatic carbocycles. The van der Waals surface area contributed by atoms with Crippen LogP contribution in [0.15, 0.2) is 52.4 Å². The first-order valence-electron chi connectivity index (χ1n) is 6.96. The molecular weight excluding hydrogens is 328 g/mol. The Morgan fingerprint density at radius 2 is 2.09 bits per heavy atom. The lowest BCUT2D eigenvalue weighted by molar-refractivity contribution is 0.820. The number of rotatable bonds is 3. The number of terminal acetylenes is 1. The van der Waals surface area contributed by atoms with Crippen LogP contribution in [0.4, 0.5) is 0 Å². The minimum absolute atomic E-state index is 0.130. The summed E-state index contributed by atoms with van der Waals surface area (Å²) in [4.78, 5) is 17.5. The summed E-state index contributed by atoms with van der Waals surface area (Å²) in [6, 6.07) is 12.8. The third-order valence-electron chi connectivity index (χ3n) is 3.44. The number of aromatic nitrogens is 2. The minimum Gasteiger partial charge on any atom is -0.268 e. The summed E-state index contributed by atoms with van der Waals surface area (Å²) < 4.78 is 1.57. The number of hydrogen-bond acceptors (Lipinski definition) is 3. The highest BCUT2D eigenvalue weighted by molar-refractivity contribution is 7.99. The van der Waals surface area contributed by atoms with Gasteiger partial charge in [-0.05, 0) is 36.8 Å². The molecule has 0 aliphatic carbocycles. The smallest absolute Gasteiger partial charge is 0.266 e. The van der Waals surface area contributed by atoms with Crippen LogP contribution in [0.1, 0.15) is 5.56 Å². The van der Waals surface area contributed by atoms with Crippen LogP contribution in [0.25, 0.3) is 16.6 Å². The molecule has 0 aliphatic rings. The van der Waals surface area contributed by atoms with E-state index in [-0.39, 0.29) is 5.56 Å². The van der Waals surface area contributed by atoms with Crippen LogP contribution in [0.3, 0.4) is 0 Å². The summed E-state index contributed by atoms with van der Waals surface area (Å²) in [5, 5.41) is 1.73. The van der Waals surface area contributed by atoms with Gasteiger partial charge in [-0.2, -0.15) is 0 Å². The molecule has 114 valence electrons. The van der Waals surface area contributed by atoms with Crippen LogP contribution in [-0.4, -0.2) is 15.3 Å². The fourth-order valence-corrected chi connectivity index (χ4v) is 3.13. The summed E-state index contributed by atoms with van der Waals surface area (Å²) in [5.41, 5.74) is 2.17. The quantitative estimate of drug-likeness (QED) is 0.409. The van der Waals surface area contributed by atoms with Crippen molar-refractivity contribution >= 4 is 34.3 Å². The Morgan fingerprint density at radius 3 is 2.83 bits per heavy atom. The van der Waals surface area contributed by atoms with Gasteiger partial charge in [0.05, 0.1) is 22.3 Å². The van der Waals surface area contributed by atoms with E-state index in [0.717, 1.165) is 5.56 Å². The number of hydrogen-bond donors (Lipinski definition) is 0. The van der Waals surface area contributed by atoms with Crippen molar-refractivity contribution in [2.24, 2.45) is 0 Å². The summed E-state index contributed by atoms with van der Waals surface area (Å²) in [7, 11) is 0. The highest BCUT2D eigenvalue weighted by Gasteiger charge is 2.13. The first kappa shape index (κ1) is 15.7. The summed E-state index contributed by atoms with van der Waals surface area (Å²) in [6.07, 6.45) is 5.35. The van der Waals surface area contributed by atoms with Crippen molar-refractivity contribution < 1.29 is 0 Å². The van der Waals surface area contributed by atoms with Crippen molar-refractivity contribution in [3.8, 4) is 18.0 Å². The monoisotopic (exact) mass is 340 g/mol. The molecule has 0 unspecified atom stereocenters. The van der Waals surface area contributed by atoms with Crippen molar-refractivity contribution in [1.29, 1.82) is 0 Å². The third kappa shape index (κ3) is 2.98. The van der Waals surface area contributed by atoms with Gasteiger partial charge in [0, 0.05) is 5.02 Å². The predicted molar refractivity (Wildman–Crippen MR) is 96.6 cm³/mol. The highest BCUT2D eigenvalue weighted by atomic mass is 35.5. The molecule has 0 aliphatic heterocycles. The van der Waals surface area contributed by atoms with Gasteiger partial charge in [-0.1, -0.05) is 47.5 Å². The molecule has 1 heterocycles. The van der Waals surface area contributed by atoms with E-state index in [9.17, 15) is 4.79 Å². The standard InChI is InChI=1S/C18H13ClN2OS/c1-3-10-23-18-20-16-7-5-4-6-14(16)17(22)21(18)13-9-8-12(2)15(19)11-13/h1,4-9,11H,10H2,2H3. The molecule has 0 spiro atoms. The van der Waals surface area contributed by atoms with E-state index in [1.165, 1.54) is 11.8 Å². The van der Waals surface area contributed by atoms with Crippen LogP contribution in [0.2, 0.25) is 5.02 Å². The fourth-order valence-electron chi connectivity index (χ4n) is 2.26. The van der Waals surface area contributed by atoms with Crippen LogP contribution < -0.4 is 5.56 Å². The van der Waals surface area contributed by atoms with Gasteiger partial charge in [0.15, 0.2) is 5.16 Å². The maximum Gasteiger partial charge on any atom is 0.266 e. The normalized spacial score (nSPS) is 10.7. The zero-order chi connectivity index (χ0) is 16.4. The number of para-hydroxylation sites is 1. The molecule has 3 nitrogen and oxygen atoms in total. The molecule has 0 atom stereocenters. The van der Waals surface area contributed by atoms with E-state index < -0.39 is 0 Å². The number of aryl methyl sites for hydroxylation is 1. The van der Waals surface area contributed by atoms with Gasteiger partial charge in [0.25, 0.3) is 5.56 Å². The van der Waals surface area contributed by atoms with Gasteiger partial charge in [0.1, 0.15) is 0 Å². The summed E-state index contributed by atoms with van der Waals surface area (Å²) in [5.74, 6) is 3.00. The molecule has 0 saturated heterocycles. The second-order valence-electron chi connectivity index (χ2n) is 4.98. The molecule has 1 aromatic heterocycles. The second-order valence-corrected chi connectivity index (χ2v) is 6.33. The highest BCUT2D eigenvalue weighted by Crippen LogP contribution is 2.24. The van der Waals surface area contributed by atoms with Crippen molar-refractivity contribution in [2.45, 2.75) is 12.1 Å². The Hall–Kier alpha value is -2.22. The Kier molecular flexibility index (Phi) is 4.42. The summed E-state index contributed by atoms with van der Waals surface area (Å²) in [6.45, 7) is 1.92. The average Bonchev–Trinajstić information content (AvgIpc) is 2.56. The Bertz CT molecular complexity index is 988. The Balaban J connectivity index is 2.32. The van der Waals surface area contributed by atoms with E-state index in [1.54, 1.807) is 16.7 Å². The molecule has 5 heteroatoms. The second kappa shape index (κ2) is 6.49. The third-order valence-corrected chi connectivity index (χ3v) is 4.69. The largest absolute Gasteiger partial charge is 0.268 e. The Morgan fingerprint density at radius 1 is 1.30 bits per heavy atom. The van der Waals surface area contributed by atoms with Crippen molar-refractivity contribution in [3.05, 3.63) is 63.4 Å². The van der Waals surface area contributed by atoms with Crippen LogP contribution in [0, 0.1) is 19.3 Å². The van der Waals surface area contributed by atoms with Gasteiger partial charge in [-0.15, -0.1) is 6.42 Å². The number of nitrogens with zero attached hydrogens (tertiary/aromatic N) is 2. The molecule has 0 saturated carbocycles. The van der Waals surface area contributed by atoms with Gasteiger partial charge >= 0.3 is 0 Å². The molecule has 0 radical (unpaired) electrons. The van der Waals surface area contributed by atoms with Crippen molar-refractivity contribution in [1.82, 2.24) is 9.55 Å². The lowest BCUT2D eigenvalue weighted by Gasteiger charge is -2.13. The van der Waals surface area contributed by atoms with Gasteiger partial charge in [-0.25, -0.2) is 4.98 Å². The molecule has 3 aromatic rings. The van der Waals surface area contributed by atoms with Crippen LogP contribution >= 0.6 is 23.4 Å². The van der Waals surface area contributed by atoms with E-state index in [0.29, 0.717) is 32.5 Å². The predicted octanol–water partition coefficient (Wildman–Crippen LogP) is 4.07.